The molecule has 0 amide bonds. The first-order valence-electron chi connectivity index (χ1n) is 4.57. The van der Waals surface area contributed by atoms with Crippen molar-refractivity contribution in [2.45, 2.75) is 6.42 Å². The minimum Gasteiger partial charge on any atom is -0.293 e. The third-order valence-corrected chi connectivity index (χ3v) is 3.02. The van der Waals surface area contributed by atoms with E-state index in [1.165, 1.54) is 17.4 Å². The van der Waals surface area contributed by atoms with Crippen LogP contribution in [0.3, 0.4) is 0 Å². The molecule has 0 aliphatic carbocycles. The van der Waals surface area contributed by atoms with Crippen molar-refractivity contribution in [3.05, 3.63) is 58.0 Å². The molecule has 0 saturated heterocycles. The van der Waals surface area contributed by atoms with E-state index in [9.17, 15) is 9.18 Å². The van der Waals surface area contributed by atoms with Crippen LogP contribution in [0.15, 0.2) is 41.8 Å². The Morgan fingerprint density at radius 2 is 2.00 bits per heavy atom. The van der Waals surface area contributed by atoms with Crippen LogP contribution in [0.25, 0.3) is 0 Å². The largest absolute Gasteiger partial charge is 0.293 e. The lowest BCUT2D eigenvalue weighted by Crippen LogP contribution is -2.02. The summed E-state index contributed by atoms with van der Waals surface area (Å²) >= 11 is 1.38. The number of rotatable bonds is 3. The maximum atomic E-state index is 13.2. The van der Waals surface area contributed by atoms with Crippen LogP contribution in [0.5, 0.6) is 0 Å². The van der Waals surface area contributed by atoms with Gasteiger partial charge < -0.3 is 0 Å². The second-order valence-corrected chi connectivity index (χ2v) is 4.12. The molecule has 0 aliphatic rings. The van der Waals surface area contributed by atoms with Gasteiger partial charge in [-0.2, -0.15) is 0 Å². The van der Waals surface area contributed by atoms with Gasteiger partial charge >= 0.3 is 0 Å². The molecule has 0 aliphatic heterocycles. The average Bonchev–Trinajstić information content (AvgIpc) is 2.74. The molecule has 15 heavy (non-hydrogen) atoms. The van der Waals surface area contributed by atoms with Crippen LogP contribution in [-0.2, 0) is 6.42 Å². The van der Waals surface area contributed by atoms with Gasteiger partial charge in [-0.15, -0.1) is 11.3 Å². The normalized spacial score (nSPS) is 10.2. The van der Waals surface area contributed by atoms with Crippen molar-refractivity contribution < 1.29 is 9.18 Å². The highest BCUT2D eigenvalue weighted by Crippen LogP contribution is 2.14. The number of ketones is 1. The molecule has 0 bridgehead atoms. The zero-order valence-corrected chi connectivity index (χ0v) is 8.76. The number of thiophene rings is 1. The second kappa shape index (κ2) is 4.36. The minimum atomic E-state index is -0.317. The monoisotopic (exact) mass is 220 g/mol. The summed E-state index contributed by atoms with van der Waals surface area (Å²) < 4.78 is 13.2. The standard InChI is InChI=1S/C12H9FOS/c13-10-5-2-1-4-9(10)8-11(14)12-6-3-7-15-12/h1-7H,8H2. The van der Waals surface area contributed by atoms with Gasteiger partial charge in [0.1, 0.15) is 5.82 Å². The molecule has 0 spiro atoms. The molecule has 0 N–H and O–H groups in total. The van der Waals surface area contributed by atoms with E-state index in [4.69, 9.17) is 0 Å². The lowest BCUT2D eigenvalue weighted by molar-refractivity contribution is 0.0995. The summed E-state index contributed by atoms with van der Waals surface area (Å²) in [5.74, 6) is -0.350. The Morgan fingerprint density at radius 1 is 1.20 bits per heavy atom. The van der Waals surface area contributed by atoms with E-state index in [1.807, 2.05) is 11.4 Å². The van der Waals surface area contributed by atoms with Gasteiger partial charge in [0, 0.05) is 6.42 Å². The van der Waals surface area contributed by atoms with Crippen LogP contribution in [0.1, 0.15) is 15.2 Å². The molecule has 1 aromatic heterocycles. The Bertz CT molecular complexity index is 462. The molecule has 1 aromatic carbocycles. The third-order valence-electron chi connectivity index (χ3n) is 2.10. The molecular weight excluding hydrogens is 211 g/mol. The van der Waals surface area contributed by atoms with Gasteiger partial charge in [0.25, 0.3) is 0 Å². The van der Waals surface area contributed by atoms with Crippen molar-refractivity contribution in [1.29, 1.82) is 0 Å². The van der Waals surface area contributed by atoms with Crippen molar-refractivity contribution in [1.82, 2.24) is 0 Å². The summed E-state index contributed by atoms with van der Waals surface area (Å²) in [6.45, 7) is 0. The molecule has 2 rings (SSSR count). The zero-order valence-electron chi connectivity index (χ0n) is 7.94. The number of hydrogen-bond acceptors (Lipinski definition) is 2. The lowest BCUT2D eigenvalue weighted by Gasteiger charge is -2.00. The number of carbonyl (C=O) groups excluding carboxylic acids is 1. The maximum Gasteiger partial charge on any atom is 0.177 e. The summed E-state index contributed by atoms with van der Waals surface area (Å²) in [5.41, 5.74) is 0.455. The smallest absolute Gasteiger partial charge is 0.177 e. The Hall–Kier alpha value is -1.48. The molecule has 0 unspecified atom stereocenters. The highest BCUT2D eigenvalue weighted by atomic mass is 32.1. The number of carbonyl (C=O) groups is 1. The number of halogens is 1. The van der Waals surface area contributed by atoms with E-state index in [-0.39, 0.29) is 18.0 Å². The Morgan fingerprint density at radius 3 is 2.67 bits per heavy atom. The van der Waals surface area contributed by atoms with Crippen molar-refractivity contribution in [2.75, 3.05) is 0 Å². The minimum absolute atomic E-state index is 0.0323. The van der Waals surface area contributed by atoms with Crippen molar-refractivity contribution in [2.24, 2.45) is 0 Å². The summed E-state index contributed by atoms with van der Waals surface area (Å²) in [6, 6.07) is 9.94. The Balaban J connectivity index is 2.17. The summed E-state index contributed by atoms with van der Waals surface area (Å²) in [7, 11) is 0. The van der Waals surface area contributed by atoms with Gasteiger partial charge in [-0.3, -0.25) is 4.79 Å². The van der Waals surface area contributed by atoms with Crippen LogP contribution in [-0.4, -0.2) is 5.78 Å². The van der Waals surface area contributed by atoms with E-state index in [1.54, 1.807) is 24.3 Å². The van der Waals surface area contributed by atoms with E-state index in [0.717, 1.165) is 0 Å². The first-order chi connectivity index (χ1) is 7.27. The average molecular weight is 220 g/mol. The van der Waals surface area contributed by atoms with E-state index >= 15 is 0 Å². The maximum absolute atomic E-state index is 13.2. The Kier molecular flexibility index (Phi) is 2.92. The van der Waals surface area contributed by atoms with Crippen molar-refractivity contribution >= 4 is 17.1 Å². The van der Waals surface area contributed by atoms with Gasteiger partial charge in [0.05, 0.1) is 4.88 Å². The van der Waals surface area contributed by atoms with Gasteiger partial charge in [-0.1, -0.05) is 24.3 Å². The fraction of sp³-hybridized carbons (Fsp3) is 0.0833. The topological polar surface area (TPSA) is 17.1 Å². The molecule has 76 valence electrons. The first kappa shape index (κ1) is 10.1. The number of Topliss-reactive ketones (excluding diaryl/α,β-unsaturated/α-hetero) is 1. The predicted octanol–water partition coefficient (Wildman–Crippen LogP) is 3.31. The fourth-order valence-corrected chi connectivity index (χ4v) is 2.00. The van der Waals surface area contributed by atoms with Gasteiger partial charge in [-0.05, 0) is 23.1 Å². The molecule has 1 heterocycles. The van der Waals surface area contributed by atoms with Crippen molar-refractivity contribution in [3.63, 3.8) is 0 Å². The van der Waals surface area contributed by atoms with E-state index in [2.05, 4.69) is 0 Å². The van der Waals surface area contributed by atoms with Crippen LogP contribution in [0, 0.1) is 5.82 Å². The Labute approximate surface area is 91.2 Å². The lowest BCUT2D eigenvalue weighted by atomic mass is 10.1. The summed E-state index contributed by atoms with van der Waals surface area (Å²) in [5, 5.41) is 1.84. The summed E-state index contributed by atoms with van der Waals surface area (Å²) in [6.07, 6.45) is 0.132. The molecule has 2 aromatic rings. The van der Waals surface area contributed by atoms with Crippen LogP contribution < -0.4 is 0 Å². The van der Waals surface area contributed by atoms with Gasteiger partial charge in [-0.25, -0.2) is 4.39 Å². The highest BCUT2D eigenvalue weighted by molar-refractivity contribution is 7.12. The molecule has 0 radical (unpaired) electrons. The van der Waals surface area contributed by atoms with Crippen LogP contribution in [0.2, 0.25) is 0 Å². The molecule has 0 atom stereocenters. The van der Waals surface area contributed by atoms with E-state index < -0.39 is 0 Å². The second-order valence-electron chi connectivity index (χ2n) is 3.17. The molecule has 0 fully saturated rings. The van der Waals surface area contributed by atoms with Crippen LogP contribution >= 0.6 is 11.3 Å². The molecular formula is C12H9FOS. The van der Waals surface area contributed by atoms with Crippen LogP contribution in [0.4, 0.5) is 4.39 Å². The first-order valence-corrected chi connectivity index (χ1v) is 5.45. The summed E-state index contributed by atoms with van der Waals surface area (Å²) in [4.78, 5) is 12.4. The highest BCUT2D eigenvalue weighted by Gasteiger charge is 2.10. The number of hydrogen-bond donors (Lipinski definition) is 0. The molecule has 3 heteroatoms. The molecule has 1 nitrogen and oxygen atoms in total. The predicted molar refractivity (Wildman–Crippen MR) is 58.8 cm³/mol. The zero-order chi connectivity index (χ0) is 10.7. The quantitative estimate of drug-likeness (QED) is 0.725. The number of benzene rings is 1. The molecule has 0 saturated carbocycles. The van der Waals surface area contributed by atoms with Crippen molar-refractivity contribution in [3.8, 4) is 0 Å². The SMILES string of the molecule is O=C(Cc1ccccc1F)c1cccs1. The fourth-order valence-electron chi connectivity index (χ4n) is 1.34. The van der Waals surface area contributed by atoms with Gasteiger partial charge in [0.15, 0.2) is 5.78 Å². The van der Waals surface area contributed by atoms with Gasteiger partial charge in [0.2, 0.25) is 0 Å². The third kappa shape index (κ3) is 2.30. The van der Waals surface area contributed by atoms with E-state index in [0.29, 0.717) is 10.4 Å².